The van der Waals surface area contributed by atoms with E-state index in [1.165, 1.54) is 12.8 Å². The van der Waals surface area contributed by atoms with Gasteiger partial charge in [-0.25, -0.2) is 0 Å². The standard InChI is InChI=1S/C17H32N4O2.HI/c1-18-15(21-8-4-16(13-21)5-9-23-14-16)19-12-17(20(2)3)6-10-22-11-7-17;/h4-14H2,1-3H3,(H,18,19);1H. The van der Waals surface area contributed by atoms with Crippen molar-refractivity contribution in [3.05, 3.63) is 0 Å². The minimum absolute atomic E-state index is 0. The number of hydrogen-bond acceptors (Lipinski definition) is 4. The first kappa shape index (κ1) is 20.2. The summed E-state index contributed by atoms with van der Waals surface area (Å²) in [5.74, 6) is 1.04. The lowest BCUT2D eigenvalue weighted by atomic mass is 9.87. The van der Waals surface area contributed by atoms with E-state index in [9.17, 15) is 0 Å². The second kappa shape index (κ2) is 8.51. The van der Waals surface area contributed by atoms with Crippen LogP contribution in [0, 0.1) is 5.41 Å². The second-order valence-electron chi connectivity index (χ2n) is 7.61. The van der Waals surface area contributed by atoms with Gasteiger partial charge in [-0.05, 0) is 39.8 Å². The summed E-state index contributed by atoms with van der Waals surface area (Å²) in [6.45, 7) is 6.62. The largest absolute Gasteiger partial charge is 0.381 e. The number of nitrogens with zero attached hydrogens (tertiary/aromatic N) is 3. The Labute approximate surface area is 163 Å². The fourth-order valence-corrected chi connectivity index (χ4v) is 4.20. The summed E-state index contributed by atoms with van der Waals surface area (Å²) in [6.07, 6.45) is 4.56. The molecule has 24 heavy (non-hydrogen) atoms. The van der Waals surface area contributed by atoms with E-state index in [1.807, 2.05) is 7.05 Å². The molecule has 0 amide bonds. The Hall–Kier alpha value is -0.120. The maximum atomic E-state index is 5.64. The molecule has 140 valence electrons. The van der Waals surface area contributed by atoms with Crippen molar-refractivity contribution in [1.82, 2.24) is 15.1 Å². The molecule has 3 aliphatic heterocycles. The average molecular weight is 452 g/mol. The lowest BCUT2D eigenvalue weighted by molar-refractivity contribution is -0.00523. The molecule has 0 aromatic heterocycles. The Balaban J connectivity index is 0.00000208. The van der Waals surface area contributed by atoms with Crippen LogP contribution in [-0.2, 0) is 9.47 Å². The minimum atomic E-state index is 0. The molecule has 6 nitrogen and oxygen atoms in total. The molecule has 0 bridgehead atoms. The summed E-state index contributed by atoms with van der Waals surface area (Å²) < 4.78 is 11.2. The van der Waals surface area contributed by atoms with Crippen LogP contribution in [0.3, 0.4) is 0 Å². The van der Waals surface area contributed by atoms with Gasteiger partial charge in [0.25, 0.3) is 0 Å². The van der Waals surface area contributed by atoms with Crippen LogP contribution in [0.15, 0.2) is 4.99 Å². The normalized spacial score (nSPS) is 30.0. The highest BCUT2D eigenvalue weighted by Gasteiger charge is 2.42. The predicted molar refractivity (Wildman–Crippen MR) is 107 cm³/mol. The monoisotopic (exact) mass is 452 g/mol. The van der Waals surface area contributed by atoms with Crippen molar-refractivity contribution in [2.45, 2.75) is 31.2 Å². The number of likely N-dealkylation sites (tertiary alicyclic amines) is 1. The molecule has 0 aromatic rings. The van der Waals surface area contributed by atoms with Crippen molar-refractivity contribution >= 4 is 29.9 Å². The molecule has 3 aliphatic rings. The number of likely N-dealkylation sites (N-methyl/N-ethyl adjacent to an activating group) is 1. The molecule has 3 rings (SSSR count). The van der Waals surface area contributed by atoms with E-state index >= 15 is 0 Å². The lowest BCUT2D eigenvalue weighted by Crippen LogP contribution is -2.57. The molecule has 0 aliphatic carbocycles. The van der Waals surface area contributed by atoms with Gasteiger partial charge in [-0.15, -0.1) is 24.0 Å². The molecule has 0 saturated carbocycles. The lowest BCUT2D eigenvalue weighted by Gasteiger charge is -2.43. The van der Waals surface area contributed by atoms with Crippen LogP contribution in [0.5, 0.6) is 0 Å². The van der Waals surface area contributed by atoms with E-state index in [1.54, 1.807) is 0 Å². The van der Waals surface area contributed by atoms with Crippen molar-refractivity contribution in [1.29, 1.82) is 0 Å². The van der Waals surface area contributed by atoms with Crippen molar-refractivity contribution in [2.24, 2.45) is 10.4 Å². The first-order valence-corrected chi connectivity index (χ1v) is 8.88. The molecule has 1 unspecified atom stereocenters. The van der Waals surface area contributed by atoms with Crippen LogP contribution in [0.25, 0.3) is 0 Å². The van der Waals surface area contributed by atoms with Gasteiger partial charge >= 0.3 is 0 Å². The first-order chi connectivity index (χ1) is 11.1. The van der Waals surface area contributed by atoms with Crippen LogP contribution < -0.4 is 5.32 Å². The minimum Gasteiger partial charge on any atom is -0.381 e. The predicted octanol–water partition coefficient (Wildman–Crippen LogP) is 1.40. The molecule has 1 N–H and O–H groups in total. The Bertz CT molecular complexity index is 432. The Kier molecular flexibility index (Phi) is 7.16. The fraction of sp³-hybridized carbons (Fsp3) is 0.941. The molecule has 3 saturated heterocycles. The number of aliphatic imine (C=N–C) groups is 1. The van der Waals surface area contributed by atoms with E-state index in [4.69, 9.17) is 9.47 Å². The third-order valence-corrected chi connectivity index (χ3v) is 6.08. The van der Waals surface area contributed by atoms with E-state index in [0.29, 0.717) is 5.41 Å². The summed E-state index contributed by atoms with van der Waals surface area (Å²) in [7, 11) is 6.25. The van der Waals surface area contributed by atoms with Gasteiger partial charge in [0, 0.05) is 57.5 Å². The highest BCUT2D eigenvalue weighted by Crippen LogP contribution is 2.38. The molecule has 0 aromatic carbocycles. The van der Waals surface area contributed by atoms with E-state index in [-0.39, 0.29) is 29.5 Å². The zero-order chi connectivity index (χ0) is 16.3. The summed E-state index contributed by atoms with van der Waals surface area (Å²) in [5.41, 5.74) is 0.539. The van der Waals surface area contributed by atoms with Crippen molar-refractivity contribution in [3.8, 4) is 0 Å². The van der Waals surface area contributed by atoms with Gasteiger partial charge < -0.3 is 24.6 Å². The summed E-state index contributed by atoms with van der Waals surface area (Å²) >= 11 is 0. The topological polar surface area (TPSA) is 49.3 Å². The smallest absolute Gasteiger partial charge is 0.193 e. The van der Waals surface area contributed by atoms with Crippen molar-refractivity contribution in [3.63, 3.8) is 0 Å². The van der Waals surface area contributed by atoms with E-state index in [2.05, 4.69) is 34.2 Å². The number of guanidine groups is 1. The zero-order valence-corrected chi connectivity index (χ0v) is 17.7. The highest BCUT2D eigenvalue weighted by atomic mass is 127. The molecular formula is C17H33IN4O2. The van der Waals surface area contributed by atoms with Gasteiger partial charge in [-0.2, -0.15) is 0 Å². The first-order valence-electron chi connectivity index (χ1n) is 8.88. The van der Waals surface area contributed by atoms with Gasteiger partial charge in [-0.3, -0.25) is 4.99 Å². The molecule has 1 atom stereocenters. The van der Waals surface area contributed by atoms with Crippen molar-refractivity contribution < 1.29 is 9.47 Å². The van der Waals surface area contributed by atoms with Gasteiger partial charge in [0.2, 0.25) is 0 Å². The molecule has 1 spiro atoms. The maximum Gasteiger partial charge on any atom is 0.193 e. The van der Waals surface area contributed by atoms with Crippen LogP contribution in [0.4, 0.5) is 0 Å². The molecule has 0 radical (unpaired) electrons. The highest BCUT2D eigenvalue weighted by molar-refractivity contribution is 14.0. The Morgan fingerprint density at radius 2 is 1.83 bits per heavy atom. The molecule has 7 heteroatoms. The maximum absolute atomic E-state index is 5.64. The van der Waals surface area contributed by atoms with Crippen molar-refractivity contribution in [2.75, 3.05) is 67.2 Å². The number of hydrogen-bond donors (Lipinski definition) is 1. The van der Waals surface area contributed by atoms with E-state index < -0.39 is 0 Å². The van der Waals surface area contributed by atoms with Gasteiger partial charge in [0.15, 0.2) is 5.96 Å². The van der Waals surface area contributed by atoms with Gasteiger partial charge in [0.1, 0.15) is 0 Å². The third-order valence-electron chi connectivity index (χ3n) is 6.08. The van der Waals surface area contributed by atoms with Crippen LogP contribution >= 0.6 is 24.0 Å². The number of halogens is 1. The number of rotatable bonds is 3. The fourth-order valence-electron chi connectivity index (χ4n) is 4.20. The van der Waals surface area contributed by atoms with Gasteiger partial charge in [-0.1, -0.05) is 0 Å². The van der Waals surface area contributed by atoms with Crippen LogP contribution in [0.1, 0.15) is 25.7 Å². The quantitative estimate of drug-likeness (QED) is 0.399. The summed E-state index contributed by atoms with van der Waals surface area (Å²) in [6, 6.07) is 0. The SMILES string of the molecule is CN=C(NCC1(N(C)C)CCOCC1)N1CCC2(CCOC2)C1.I. The Morgan fingerprint density at radius 1 is 1.12 bits per heavy atom. The van der Waals surface area contributed by atoms with E-state index in [0.717, 1.165) is 64.9 Å². The van der Waals surface area contributed by atoms with Crippen LogP contribution in [0.2, 0.25) is 0 Å². The molecular weight excluding hydrogens is 419 g/mol. The zero-order valence-electron chi connectivity index (χ0n) is 15.3. The molecule has 3 fully saturated rings. The molecule has 3 heterocycles. The summed E-state index contributed by atoms with van der Waals surface area (Å²) in [4.78, 5) is 9.31. The number of nitrogens with one attached hydrogen (secondary N) is 1. The Morgan fingerprint density at radius 3 is 2.42 bits per heavy atom. The van der Waals surface area contributed by atoms with Gasteiger partial charge in [0.05, 0.1) is 6.61 Å². The van der Waals surface area contributed by atoms with Crippen LogP contribution in [-0.4, -0.2) is 88.5 Å². The number of ether oxygens (including phenoxy) is 2. The average Bonchev–Trinajstić information content (AvgIpc) is 3.19. The summed E-state index contributed by atoms with van der Waals surface area (Å²) in [5, 5.41) is 3.65. The second-order valence-corrected chi connectivity index (χ2v) is 7.61. The third kappa shape index (κ3) is 4.16.